The molecule has 124 valence electrons. The molecule has 0 bridgehead atoms. The summed E-state index contributed by atoms with van der Waals surface area (Å²) in [5.74, 6) is -0.496. The highest BCUT2D eigenvalue weighted by atomic mass is 32.2. The van der Waals surface area contributed by atoms with E-state index in [-0.39, 0.29) is 17.1 Å². The summed E-state index contributed by atoms with van der Waals surface area (Å²) >= 11 is 1.66. The molecule has 0 N–H and O–H groups in total. The number of halogens is 1. The first-order valence-corrected chi connectivity index (χ1v) is 8.61. The molecule has 0 aliphatic carbocycles. The maximum Gasteiger partial charge on any atom is 0.230 e. The minimum Gasteiger partial charge on any atom is -0.312 e. The molecule has 0 fully saturated rings. The Labute approximate surface area is 139 Å². The third-order valence-corrected chi connectivity index (χ3v) is 5.14. The fourth-order valence-electron chi connectivity index (χ4n) is 2.27. The van der Waals surface area contributed by atoms with E-state index in [2.05, 4.69) is 10.1 Å². The monoisotopic (exact) mass is 336 g/mol. The molecule has 23 heavy (non-hydrogen) atoms. The maximum atomic E-state index is 13.3. The van der Waals surface area contributed by atoms with Gasteiger partial charge < -0.3 is 4.90 Å². The Bertz CT molecular complexity index is 703. The molecule has 0 saturated heterocycles. The first kappa shape index (κ1) is 17.5. The van der Waals surface area contributed by atoms with E-state index in [4.69, 9.17) is 0 Å². The van der Waals surface area contributed by atoms with E-state index in [9.17, 15) is 9.18 Å². The molecule has 0 radical (unpaired) electrons. The van der Waals surface area contributed by atoms with Gasteiger partial charge in [0.15, 0.2) is 0 Å². The minimum atomic E-state index is -0.427. The van der Waals surface area contributed by atoms with E-state index in [1.807, 2.05) is 27.0 Å². The van der Waals surface area contributed by atoms with Gasteiger partial charge in [0, 0.05) is 24.3 Å². The normalized spacial score (nSPS) is 13.7. The predicted octanol–water partition coefficient (Wildman–Crippen LogP) is 3.07. The van der Waals surface area contributed by atoms with E-state index in [0.717, 1.165) is 6.20 Å². The van der Waals surface area contributed by atoms with Crippen molar-refractivity contribution in [3.05, 3.63) is 36.2 Å². The molecule has 1 amide bonds. The quantitative estimate of drug-likeness (QED) is 0.842. The van der Waals surface area contributed by atoms with Crippen molar-refractivity contribution in [1.29, 1.82) is 0 Å². The van der Waals surface area contributed by atoms with Gasteiger partial charge in [-0.3, -0.25) is 9.78 Å². The van der Waals surface area contributed by atoms with Crippen LogP contribution < -0.4 is 4.90 Å². The standard InChI is InChI=1S/C16H21FN4OS/c1-10(12(3)23-5)16(22)20(4)15-9-21(19-11(15)2)14-6-13(17)7-18-8-14/h6-10,12H,1-5H3. The third kappa shape index (κ3) is 3.72. The molecule has 0 saturated carbocycles. The van der Waals surface area contributed by atoms with Crippen LogP contribution in [0.15, 0.2) is 24.7 Å². The van der Waals surface area contributed by atoms with Crippen molar-refractivity contribution >= 4 is 23.4 Å². The molecule has 2 heterocycles. The second-order valence-corrected chi connectivity index (χ2v) is 6.75. The summed E-state index contributed by atoms with van der Waals surface area (Å²) in [5, 5.41) is 4.59. The average Bonchev–Trinajstić information content (AvgIpc) is 2.93. The summed E-state index contributed by atoms with van der Waals surface area (Å²) in [5.41, 5.74) is 1.93. The van der Waals surface area contributed by atoms with Gasteiger partial charge in [-0.05, 0) is 13.2 Å². The highest BCUT2D eigenvalue weighted by Crippen LogP contribution is 2.24. The average molecular weight is 336 g/mol. The lowest BCUT2D eigenvalue weighted by Gasteiger charge is -2.23. The van der Waals surface area contributed by atoms with Gasteiger partial charge in [0.2, 0.25) is 5.91 Å². The zero-order valence-electron chi connectivity index (χ0n) is 13.9. The summed E-state index contributed by atoms with van der Waals surface area (Å²) in [7, 11) is 1.74. The zero-order chi connectivity index (χ0) is 17.1. The van der Waals surface area contributed by atoms with Gasteiger partial charge in [-0.1, -0.05) is 13.8 Å². The zero-order valence-corrected chi connectivity index (χ0v) is 14.8. The third-order valence-electron chi connectivity index (χ3n) is 3.99. The number of amides is 1. The fraction of sp³-hybridized carbons (Fsp3) is 0.438. The summed E-state index contributed by atoms with van der Waals surface area (Å²) in [6.07, 6.45) is 6.39. The molecule has 0 spiro atoms. The Kier molecular flexibility index (Phi) is 5.41. The van der Waals surface area contributed by atoms with E-state index in [1.54, 1.807) is 29.9 Å². The topological polar surface area (TPSA) is 51.0 Å². The minimum absolute atomic E-state index is 0.0341. The van der Waals surface area contributed by atoms with Crippen LogP contribution in [0.4, 0.5) is 10.1 Å². The van der Waals surface area contributed by atoms with E-state index in [1.165, 1.54) is 16.9 Å². The second kappa shape index (κ2) is 7.12. The summed E-state index contributed by atoms with van der Waals surface area (Å²) < 4.78 is 14.8. The van der Waals surface area contributed by atoms with Crippen LogP contribution in [-0.2, 0) is 4.79 Å². The van der Waals surface area contributed by atoms with Crippen LogP contribution in [0.2, 0.25) is 0 Å². The largest absolute Gasteiger partial charge is 0.312 e. The molecule has 2 aromatic heterocycles. The number of pyridine rings is 1. The van der Waals surface area contributed by atoms with Crippen LogP contribution >= 0.6 is 11.8 Å². The summed E-state index contributed by atoms with van der Waals surface area (Å²) in [4.78, 5) is 18.0. The lowest BCUT2D eigenvalue weighted by molar-refractivity contribution is -0.121. The van der Waals surface area contributed by atoms with Crippen molar-refractivity contribution in [3.8, 4) is 5.69 Å². The van der Waals surface area contributed by atoms with Gasteiger partial charge in [0.1, 0.15) is 5.82 Å². The Morgan fingerprint density at radius 3 is 2.70 bits per heavy atom. The molecule has 7 heteroatoms. The number of aryl methyl sites for hydroxylation is 1. The van der Waals surface area contributed by atoms with Gasteiger partial charge in [-0.25, -0.2) is 9.07 Å². The van der Waals surface area contributed by atoms with Crippen LogP contribution in [0.3, 0.4) is 0 Å². The van der Waals surface area contributed by atoms with Crippen LogP contribution in [-0.4, -0.2) is 39.2 Å². The van der Waals surface area contributed by atoms with Crippen molar-refractivity contribution < 1.29 is 9.18 Å². The molecule has 0 aliphatic heterocycles. The van der Waals surface area contributed by atoms with E-state index in [0.29, 0.717) is 17.1 Å². The SMILES string of the molecule is CSC(C)C(C)C(=O)N(C)c1cn(-c2cncc(F)c2)nc1C. The number of rotatable bonds is 5. The molecule has 2 unspecified atom stereocenters. The van der Waals surface area contributed by atoms with Crippen LogP contribution in [0, 0.1) is 18.7 Å². The van der Waals surface area contributed by atoms with E-state index < -0.39 is 5.82 Å². The Hall–Kier alpha value is -1.89. The Balaban J connectivity index is 2.29. The molecule has 2 aromatic rings. The number of hydrogen-bond donors (Lipinski definition) is 0. The number of carbonyl (C=O) groups excluding carboxylic acids is 1. The van der Waals surface area contributed by atoms with Crippen molar-refractivity contribution in [2.75, 3.05) is 18.2 Å². The smallest absolute Gasteiger partial charge is 0.230 e. The van der Waals surface area contributed by atoms with Crippen LogP contribution in [0.1, 0.15) is 19.5 Å². The van der Waals surface area contributed by atoms with Gasteiger partial charge in [0.25, 0.3) is 0 Å². The van der Waals surface area contributed by atoms with Crippen molar-refractivity contribution in [1.82, 2.24) is 14.8 Å². The molecule has 5 nitrogen and oxygen atoms in total. The predicted molar refractivity (Wildman–Crippen MR) is 91.6 cm³/mol. The molecular weight excluding hydrogens is 315 g/mol. The number of thioether (sulfide) groups is 1. The highest BCUT2D eigenvalue weighted by molar-refractivity contribution is 7.99. The molecule has 2 rings (SSSR count). The van der Waals surface area contributed by atoms with E-state index >= 15 is 0 Å². The summed E-state index contributed by atoms with van der Waals surface area (Å²) in [6.45, 7) is 5.79. The van der Waals surface area contributed by atoms with Gasteiger partial charge >= 0.3 is 0 Å². The first-order valence-electron chi connectivity index (χ1n) is 7.32. The number of aromatic nitrogens is 3. The molecular formula is C16H21FN4OS. The molecule has 0 aliphatic rings. The lowest BCUT2D eigenvalue weighted by Crippen LogP contribution is -2.35. The number of anilines is 1. The van der Waals surface area contributed by atoms with Crippen molar-refractivity contribution in [2.24, 2.45) is 5.92 Å². The fourth-order valence-corrected chi connectivity index (χ4v) is 2.79. The van der Waals surface area contributed by atoms with Crippen molar-refractivity contribution in [2.45, 2.75) is 26.0 Å². The first-order chi connectivity index (χ1) is 10.8. The Morgan fingerprint density at radius 1 is 1.39 bits per heavy atom. The summed E-state index contributed by atoms with van der Waals surface area (Å²) in [6, 6.07) is 1.35. The second-order valence-electron chi connectivity index (χ2n) is 5.53. The van der Waals surface area contributed by atoms with Crippen LogP contribution in [0.25, 0.3) is 5.69 Å². The number of nitrogens with zero attached hydrogens (tertiary/aromatic N) is 4. The van der Waals surface area contributed by atoms with Gasteiger partial charge in [-0.15, -0.1) is 0 Å². The van der Waals surface area contributed by atoms with Gasteiger partial charge in [-0.2, -0.15) is 16.9 Å². The molecule has 2 atom stereocenters. The Morgan fingerprint density at radius 2 is 2.09 bits per heavy atom. The van der Waals surface area contributed by atoms with Crippen molar-refractivity contribution in [3.63, 3.8) is 0 Å². The highest BCUT2D eigenvalue weighted by Gasteiger charge is 2.25. The maximum absolute atomic E-state index is 13.3. The number of hydrogen-bond acceptors (Lipinski definition) is 4. The van der Waals surface area contributed by atoms with Gasteiger partial charge in [0.05, 0.1) is 35.7 Å². The molecule has 0 aromatic carbocycles. The lowest BCUT2D eigenvalue weighted by atomic mass is 10.1. The number of carbonyl (C=O) groups is 1. The van der Waals surface area contributed by atoms with Crippen LogP contribution in [0.5, 0.6) is 0 Å².